The van der Waals surface area contributed by atoms with E-state index in [1.54, 1.807) is 36.5 Å². The van der Waals surface area contributed by atoms with E-state index >= 15 is 0 Å². The number of carbonyl (C=O) groups excluding carboxylic acids is 1. The topological polar surface area (TPSA) is 66.1 Å². The maximum Gasteiger partial charge on any atom is 0.253 e. The number of anilines is 1. The van der Waals surface area contributed by atoms with E-state index in [0.29, 0.717) is 11.4 Å². The maximum absolute atomic E-state index is 12.9. The number of benzene rings is 2. The minimum atomic E-state index is -1.85. The lowest BCUT2D eigenvalue weighted by Gasteiger charge is -2.27. The van der Waals surface area contributed by atoms with Gasteiger partial charge in [0, 0.05) is 11.8 Å². The molecule has 0 aliphatic rings. The molecule has 0 saturated heterocycles. The predicted octanol–water partition coefficient (Wildman–Crippen LogP) is 4.65. The van der Waals surface area contributed by atoms with E-state index in [1.807, 2.05) is 30.3 Å². The molecule has 0 fully saturated rings. The van der Waals surface area contributed by atoms with Crippen LogP contribution >= 0.6 is 47.0 Å². The molecule has 0 radical (unpaired) electrons. The molecule has 1 aromatic heterocycles. The number of nitrogens with one attached hydrogen (secondary N) is 3. The van der Waals surface area contributed by atoms with E-state index in [-0.39, 0.29) is 5.11 Å². The van der Waals surface area contributed by atoms with Gasteiger partial charge in [-0.05, 0) is 41.2 Å². The molecular formula is C19H15Cl3N4OS. The summed E-state index contributed by atoms with van der Waals surface area (Å²) in [6, 6.07) is 18.3. The number of carbonyl (C=O) groups is 1. The quantitative estimate of drug-likeness (QED) is 0.305. The highest BCUT2D eigenvalue weighted by Gasteiger charge is 2.35. The van der Waals surface area contributed by atoms with Gasteiger partial charge in [0.1, 0.15) is 12.0 Å². The molecule has 9 heteroatoms. The fourth-order valence-corrected chi connectivity index (χ4v) is 3.10. The fourth-order valence-electron chi connectivity index (χ4n) is 2.55. The largest absolute Gasteiger partial charge is 0.339 e. The summed E-state index contributed by atoms with van der Waals surface area (Å²) in [5.74, 6) is 0.115. The Balaban J connectivity index is 1.77. The van der Waals surface area contributed by atoms with Gasteiger partial charge in [-0.15, -0.1) is 0 Å². The molecule has 0 aliphatic carbocycles. The summed E-state index contributed by atoms with van der Waals surface area (Å²) in [5.41, 5.74) is 0.461. The van der Waals surface area contributed by atoms with Crippen molar-refractivity contribution in [2.24, 2.45) is 0 Å². The average molecular weight is 454 g/mol. The minimum absolute atomic E-state index is 0.147. The molecule has 3 aromatic rings. The van der Waals surface area contributed by atoms with Gasteiger partial charge in [-0.1, -0.05) is 77.3 Å². The number of alkyl halides is 3. The van der Waals surface area contributed by atoms with Crippen molar-refractivity contribution >= 4 is 74.6 Å². The van der Waals surface area contributed by atoms with Gasteiger partial charge >= 0.3 is 0 Å². The van der Waals surface area contributed by atoms with Gasteiger partial charge < -0.3 is 16.0 Å². The van der Waals surface area contributed by atoms with Crippen molar-refractivity contribution in [3.63, 3.8) is 0 Å². The standard InChI is InChI=1S/C19H15Cl3N4OS/c20-19(21,22)17(26-18(28)24-15-10-3-4-11-23-15)25-16(27)14-9-5-7-12-6-1-2-8-13(12)14/h1-11,17H,(H,25,27)(H2,23,24,26,28). The summed E-state index contributed by atoms with van der Waals surface area (Å²) < 4.78 is -1.85. The Morgan fingerprint density at radius 2 is 1.68 bits per heavy atom. The van der Waals surface area contributed by atoms with Gasteiger partial charge in [0.15, 0.2) is 5.11 Å². The first-order chi connectivity index (χ1) is 13.3. The van der Waals surface area contributed by atoms with E-state index < -0.39 is 15.9 Å². The third kappa shape index (κ3) is 5.23. The molecule has 1 unspecified atom stereocenters. The van der Waals surface area contributed by atoms with Crippen molar-refractivity contribution in [1.82, 2.24) is 15.6 Å². The van der Waals surface area contributed by atoms with Crippen LogP contribution in [0.1, 0.15) is 10.4 Å². The first-order valence-electron chi connectivity index (χ1n) is 8.18. The lowest BCUT2D eigenvalue weighted by Crippen LogP contribution is -2.56. The van der Waals surface area contributed by atoms with Crippen molar-refractivity contribution < 1.29 is 4.79 Å². The van der Waals surface area contributed by atoms with E-state index in [1.165, 1.54) is 0 Å². The molecule has 1 amide bonds. The highest BCUT2D eigenvalue weighted by molar-refractivity contribution is 7.80. The van der Waals surface area contributed by atoms with Crippen LogP contribution in [-0.4, -0.2) is 26.0 Å². The van der Waals surface area contributed by atoms with E-state index in [9.17, 15) is 4.79 Å². The Kier molecular flexibility index (Phi) is 6.57. The summed E-state index contributed by atoms with van der Waals surface area (Å²) in [5, 5.41) is 10.2. The monoisotopic (exact) mass is 452 g/mol. The smallest absolute Gasteiger partial charge is 0.253 e. The highest BCUT2D eigenvalue weighted by Crippen LogP contribution is 2.29. The van der Waals surface area contributed by atoms with Crippen LogP contribution in [0.5, 0.6) is 0 Å². The zero-order chi connectivity index (χ0) is 20.1. The first-order valence-corrected chi connectivity index (χ1v) is 9.73. The Morgan fingerprint density at radius 3 is 2.39 bits per heavy atom. The first kappa shape index (κ1) is 20.6. The number of thiocarbonyl (C=S) groups is 1. The molecule has 28 heavy (non-hydrogen) atoms. The molecule has 1 heterocycles. The van der Waals surface area contributed by atoms with Crippen molar-refractivity contribution in [1.29, 1.82) is 0 Å². The summed E-state index contributed by atoms with van der Waals surface area (Å²) >= 11 is 23.4. The molecule has 2 aromatic carbocycles. The molecule has 144 valence electrons. The van der Waals surface area contributed by atoms with E-state index in [4.69, 9.17) is 47.0 Å². The number of rotatable bonds is 4. The second-order valence-corrected chi connectivity index (χ2v) is 8.57. The average Bonchev–Trinajstić information content (AvgIpc) is 2.67. The van der Waals surface area contributed by atoms with Gasteiger partial charge in [-0.25, -0.2) is 4.98 Å². The number of aromatic nitrogens is 1. The number of hydrogen-bond donors (Lipinski definition) is 3. The van der Waals surface area contributed by atoms with Crippen LogP contribution in [0, 0.1) is 0 Å². The van der Waals surface area contributed by atoms with Crippen LogP contribution in [0.3, 0.4) is 0 Å². The number of amides is 1. The molecule has 1 atom stereocenters. The van der Waals surface area contributed by atoms with Crippen LogP contribution in [0.4, 0.5) is 5.82 Å². The molecule has 0 spiro atoms. The number of hydrogen-bond acceptors (Lipinski definition) is 3. The van der Waals surface area contributed by atoms with Gasteiger partial charge in [0.25, 0.3) is 5.91 Å². The van der Waals surface area contributed by atoms with Gasteiger partial charge in [0.2, 0.25) is 3.79 Å². The normalized spacial score (nSPS) is 12.2. The Morgan fingerprint density at radius 1 is 0.964 bits per heavy atom. The molecule has 0 bridgehead atoms. The molecule has 3 N–H and O–H groups in total. The van der Waals surface area contributed by atoms with E-state index in [0.717, 1.165) is 10.8 Å². The third-order valence-corrected chi connectivity index (χ3v) is 4.69. The Hall–Kier alpha value is -2.12. The SMILES string of the molecule is O=C(NC(NC(=S)Nc1ccccn1)C(Cl)(Cl)Cl)c1cccc2ccccc12. The number of fused-ring (bicyclic) bond motifs is 1. The summed E-state index contributed by atoms with van der Waals surface area (Å²) in [6.45, 7) is 0. The Bertz CT molecular complexity index is 990. The maximum atomic E-state index is 12.9. The van der Waals surface area contributed by atoms with Crippen molar-refractivity contribution in [2.45, 2.75) is 9.96 Å². The lowest BCUT2D eigenvalue weighted by atomic mass is 10.0. The second-order valence-electron chi connectivity index (χ2n) is 5.79. The van der Waals surface area contributed by atoms with Crippen LogP contribution < -0.4 is 16.0 Å². The highest BCUT2D eigenvalue weighted by atomic mass is 35.6. The van der Waals surface area contributed by atoms with E-state index in [2.05, 4.69) is 20.9 Å². The van der Waals surface area contributed by atoms with Crippen LogP contribution in [0.25, 0.3) is 10.8 Å². The van der Waals surface area contributed by atoms with Crippen LogP contribution in [0.15, 0.2) is 66.9 Å². The lowest BCUT2D eigenvalue weighted by molar-refractivity contribution is 0.0936. The number of pyridine rings is 1. The van der Waals surface area contributed by atoms with Crippen molar-refractivity contribution in [3.05, 3.63) is 72.4 Å². The summed E-state index contributed by atoms with van der Waals surface area (Å²) in [6.07, 6.45) is 0.535. The van der Waals surface area contributed by atoms with Crippen LogP contribution in [-0.2, 0) is 0 Å². The zero-order valence-electron chi connectivity index (χ0n) is 14.3. The second kappa shape index (κ2) is 8.92. The third-order valence-electron chi connectivity index (χ3n) is 3.82. The van der Waals surface area contributed by atoms with Gasteiger partial charge in [-0.2, -0.15) is 0 Å². The predicted molar refractivity (Wildman–Crippen MR) is 119 cm³/mol. The fraction of sp³-hybridized carbons (Fsp3) is 0.105. The molecule has 0 saturated carbocycles. The molecule has 5 nitrogen and oxygen atoms in total. The molecule has 0 aliphatic heterocycles. The van der Waals surface area contributed by atoms with Crippen molar-refractivity contribution in [3.8, 4) is 0 Å². The summed E-state index contributed by atoms with van der Waals surface area (Å²) in [7, 11) is 0. The summed E-state index contributed by atoms with van der Waals surface area (Å²) in [4.78, 5) is 17.0. The molecule has 3 rings (SSSR count). The van der Waals surface area contributed by atoms with Gasteiger partial charge in [-0.3, -0.25) is 4.79 Å². The number of halogens is 3. The number of nitrogens with zero attached hydrogens (tertiary/aromatic N) is 1. The van der Waals surface area contributed by atoms with Crippen LogP contribution in [0.2, 0.25) is 0 Å². The molecular weight excluding hydrogens is 439 g/mol. The van der Waals surface area contributed by atoms with Crippen molar-refractivity contribution in [2.75, 3.05) is 5.32 Å². The minimum Gasteiger partial charge on any atom is -0.339 e. The zero-order valence-corrected chi connectivity index (χ0v) is 17.4. The Labute approximate surface area is 182 Å². The van der Waals surface area contributed by atoms with Gasteiger partial charge in [0.05, 0.1) is 0 Å².